The minimum absolute atomic E-state index is 0.0621. The van der Waals surface area contributed by atoms with E-state index < -0.39 is 5.60 Å². The van der Waals surface area contributed by atoms with Gasteiger partial charge in [0.2, 0.25) is 0 Å². The van der Waals surface area contributed by atoms with Gasteiger partial charge in [0, 0.05) is 31.6 Å². The molecule has 1 aromatic heterocycles. The number of carbonyl (C=O) groups is 1. The molecule has 6 nitrogen and oxygen atoms in total. The summed E-state index contributed by atoms with van der Waals surface area (Å²) in [5, 5.41) is 15.0. The lowest BCUT2D eigenvalue weighted by molar-refractivity contribution is -0.00721. The highest BCUT2D eigenvalue weighted by molar-refractivity contribution is 5.94. The van der Waals surface area contributed by atoms with E-state index in [1.807, 2.05) is 23.4 Å². The summed E-state index contributed by atoms with van der Waals surface area (Å²) in [7, 11) is 0. The summed E-state index contributed by atoms with van der Waals surface area (Å²) < 4.78 is 7.73. The molecule has 2 fully saturated rings. The van der Waals surface area contributed by atoms with Gasteiger partial charge in [0.05, 0.1) is 23.5 Å². The number of piperidine rings is 1. The summed E-state index contributed by atoms with van der Waals surface area (Å²) in [6.45, 7) is 8.25. The SMILES string of the molecule is CCn1nc2c(c1C(=O)N1CCC(C3(O)CC3)CC1)C[C@H](C)O[C@@H]2C. The fourth-order valence-corrected chi connectivity index (χ4v) is 4.57. The molecule has 3 heterocycles. The van der Waals surface area contributed by atoms with Crippen molar-refractivity contribution in [2.45, 2.75) is 77.2 Å². The van der Waals surface area contributed by atoms with E-state index in [4.69, 9.17) is 4.74 Å². The standard InChI is InChI=1S/C19H29N3O3/c1-4-22-17(15-11-12(2)25-13(3)16(15)20-22)18(23)21-9-5-14(6-10-21)19(24)7-8-19/h12-14,24H,4-11H2,1-3H3/t12-,13+/m0/s1. The highest BCUT2D eigenvalue weighted by atomic mass is 16.5. The number of hydrogen-bond acceptors (Lipinski definition) is 4. The zero-order valence-corrected chi connectivity index (χ0v) is 15.5. The van der Waals surface area contributed by atoms with Crippen molar-refractivity contribution in [3.8, 4) is 0 Å². The zero-order chi connectivity index (χ0) is 17.8. The monoisotopic (exact) mass is 347 g/mol. The van der Waals surface area contributed by atoms with Gasteiger partial charge in [0.1, 0.15) is 5.69 Å². The molecule has 1 N–H and O–H groups in total. The Bertz CT molecular complexity index is 672. The van der Waals surface area contributed by atoms with E-state index in [1.165, 1.54) is 0 Å². The Morgan fingerprint density at radius 1 is 1.32 bits per heavy atom. The maximum Gasteiger partial charge on any atom is 0.272 e. The van der Waals surface area contributed by atoms with Crippen LogP contribution in [0.5, 0.6) is 0 Å². The molecule has 1 saturated carbocycles. The smallest absolute Gasteiger partial charge is 0.272 e. The highest BCUT2D eigenvalue weighted by Gasteiger charge is 2.48. The number of likely N-dealkylation sites (tertiary alicyclic amines) is 1. The maximum atomic E-state index is 13.3. The number of aryl methyl sites for hydroxylation is 1. The minimum Gasteiger partial charge on any atom is -0.390 e. The fourth-order valence-electron chi connectivity index (χ4n) is 4.57. The number of rotatable bonds is 3. The Balaban J connectivity index is 1.56. The second-order valence-electron chi connectivity index (χ2n) is 7.99. The topological polar surface area (TPSA) is 67.6 Å². The molecule has 1 aliphatic carbocycles. The molecule has 0 unspecified atom stereocenters. The molecule has 1 amide bonds. The van der Waals surface area contributed by atoms with Crippen LogP contribution in [0.1, 0.15) is 74.3 Å². The van der Waals surface area contributed by atoms with Crippen LogP contribution in [-0.4, -0.2) is 50.5 Å². The molecule has 0 radical (unpaired) electrons. The van der Waals surface area contributed by atoms with Crippen LogP contribution in [0.3, 0.4) is 0 Å². The number of carbonyl (C=O) groups excluding carboxylic acids is 1. The van der Waals surface area contributed by atoms with E-state index in [0.717, 1.165) is 62.1 Å². The third-order valence-electron chi connectivity index (χ3n) is 6.20. The summed E-state index contributed by atoms with van der Waals surface area (Å²) in [6, 6.07) is 0. The second-order valence-corrected chi connectivity index (χ2v) is 7.99. The van der Waals surface area contributed by atoms with Crippen molar-refractivity contribution in [2.75, 3.05) is 13.1 Å². The first-order chi connectivity index (χ1) is 11.9. The lowest BCUT2D eigenvalue weighted by atomic mass is 9.89. The number of fused-ring (bicyclic) bond motifs is 1. The Morgan fingerprint density at radius 2 is 2.00 bits per heavy atom. The van der Waals surface area contributed by atoms with Crippen LogP contribution >= 0.6 is 0 Å². The number of aromatic nitrogens is 2. The predicted octanol–water partition coefficient (Wildman–Crippen LogP) is 2.30. The summed E-state index contributed by atoms with van der Waals surface area (Å²) >= 11 is 0. The van der Waals surface area contributed by atoms with E-state index in [1.54, 1.807) is 0 Å². The van der Waals surface area contributed by atoms with Crippen molar-refractivity contribution in [1.82, 2.24) is 14.7 Å². The van der Waals surface area contributed by atoms with Gasteiger partial charge in [-0.05, 0) is 52.4 Å². The van der Waals surface area contributed by atoms with E-state index in [0.29, 0.717) is 12.5 Å². The second kappa shape index (κ2) is 6.09. The molecule has 25 heavy (non-hydrogen) atoms. The van der Waals surface area contributed by atoms with Crippen molar-refractivity contribution < 1.29 is 14.6 Å². The lowest BCUT2D eigenvalue weighted by Gasteiger charge is -2.35. The predicted molar refractivity (Wildman–Crippen MR) is 93.4 cm³/mol. The number of ether oxygens (including phenoxy) is 1. The van der Waals surface area contributed by atoms with Crippen LogP contribution in [-0.2, 0) is 17.7 Å². The summed E-state index contributed by atoms with van der Waals surface area (Å²) in [5.41, 5.74) is 2.32. The molecule has 3 aliphatic rings. The molecule has 2 atom stereocenters. The van der Waals surface area contributed by atoms with Gasteiger partial charge < -0.3 is 14.7 Å². The van der Waals surface area contributed by atoms with Crippen LogP contribution in [0.15, 0.2) is 0 Å². The van der Waals surface area contributed by atoms with Gasteiger partial charge in [-0.3, -0.25) is 9.48 Å². The first-order valence-electron chi connectivity index (χ1n) is 9.69. The van der Waals surface area contributed by atoms with Gasteiger partial charge >= 0.3 is 0 Å². The van der Waals surface area contributed by atoms with E-state index in [-0.39, 0.29) is 18.1 Å². The molecule has 6 heteroatoms. The Morgan fingerprint density at radius 3 is 2.60 bits per heavy atom. The first kappa shape index (κ1) is 17.0. The van der Waals surface area contributed by atoms with Gasteiger partial charge in [-0.15, -0.1) is 0 Å². The van der Waals surface area contributed by atoms with Crippen LogP contribution in [0, 0.1) is 5.92 Å². The molecule has 1 aromatic rings. The quantitative estimate of drug-likeness (QED) is 0.911. The van der Waals surface area contributed by atoms with E-state index in [9.17, 15) is 9.90 Å². The number of nitrogens with zero attached hydrogens (tertiary/aromatic N) is 3. The summed E-state index contributed by atoms with van der Waals surface area (Å²) in [5.74, 6) is 0.452. The van der Waals surface area contributed by atoms with Gasteiger partial charge in [0.15, 0.2) is 0 Å². The highest BCUT2D eigenvalue weighted by Crippen LogP contribution is 2.46. The van der Waals surface area contributed by atoms with Crippen molar-refractivity contribution in [1.29, 1.82) is 0 Å². The Hall–Kier alpha value is -1.40. The molecule has 4 rings (SSSR count). The minimum atomic E-state index is -0.429. The average Bonchev–Trinajstić information content (AvgIpc) is 3.24. The molecule has 138 valence electrons. The summed E-state index contributed by atoms with van der Waals surface area (Å²) in [6.07, 6.45) is 4.46. The first-order valence-corrected chi connectivity index (χ1v) is 9.69. The maximum absolute atomic E-state index is 13.3. The third-order valence-corrected chi connectivity index (χ3v) is 6.20. The van der Waals surface area contributed by atoms with E-state index in [2.05, 4.69) is 12.0 Å². The summed E-state index contributed by atoms with van der Waals surface area (Å²) in [4.78, 5) is 15.2. The van der Waals surface area contributed by atoms with Gasteiger partial charge in [-0.2, -0.15) is 5.10 Å². The number of amides is 1. The lowest BCUT2D eigenvalue weighted by Crippen LogP contribution is -2.43. The molecule has 0 spiro atoms. The third kappa shape index (κ3) is 2.89. The Kier molecular flexibility index (Phi) is 4.15. The van der Waals surface area contributed by atoms with Crippen molar-refractivity contribution >= 4 is 5.91 Å². The average molecular weight is 347 g/mol. The normalized spacial score (nSPS) is 28.7. The van der Waals surface area contributed by atoms with Crippen LogP contribution in [0.4, 0.5) is 0 Å². The van der Waals surface area contributed by atoms with Crippen molar-refractivity contribution in [3.63, 3.8) is 0 Å². The molecule has 0 bridgehead atoms. The largest absolute Gasteiger partial charge is 0.390 e. The molecular weight excluding hydrogens is 318 g/mol. The molecule has 1 saturated heterocycles. The molecular formula is C19H29N3O3. The number of aliphatic hydroxyl groups is 1. The van der Waals surface area contributed by atoms with Crippen LogP contribution in [0.25, 0.3) is 0 Å². The molecule has 0 aromatic carbocycles. The fraction of sp³-hybridized carbons (Fsp3) is 0.789. The Labute approximate surface area is 149 Å². The molecule has 2 aliphatic heterocycles. The van der Waals surface area contributed by atoms with Gasteiger partial charge in [-0.25, -0.2) is 0 Å². The zero-order valence-electron chi connectivity index (χ0n) is 15.5. The van der Waals surface area contributed by atoms with Crippen LogP contribution < -0.4 is 0 Å². The number of hydrogen-bond donors (Lipinski definition) is 1. The van der Waals surface area contributed by atoms with Gasteiger partial charge in [0.25, 0.3) is 5.91 Å². The van der Waals surface area contributed by atoms with Crippen LogP contribution in [0.2, 0.25) is 0 Å². The van der Waals surface area contributed by atoms with E-state index >= 15 is 0 Å². The van der Waals surface area contributed by atoms with Gasteiger partial charge in [-0.1, -0.05) is 0 Å². The van der Waals surface area contributed by atoms with Crippen molar-refractivity contribution in [3.05, 3.63) is 17.0 Å². The van der Waals surface area contributed by atoms with Crippen molar-refractivity contribution in [2.24, 2.45) is 5.92 Å².